The number of benzene rings is 2. The number of hydrogen-bond donors (Lipinski definition) is 1. The van der Waals surface area contributed by atoms with E-state index in [1.54, 1.807) is 13.3 Å². The Kier molecular flexibility index (Phi) is 8.16. The zero-order valence-electron chi connectivity index (χ0n) is 17.9. The van der Waals surface area contributed by atoms with Crippen molar-refractivity contribution in [3.05, 3.63) is 72.6 Å². The Morgan fingerprint density at radius 2 is 1.81 bits per heavy atom. The Morgan fingerprint density at radius 1 is 1.03 bits per heavy atom. The van der Waals surface area contributed by atoms with Gasteiger partial charge >= 0.3 is 0 Å². The number of aromatic nitrogens is 2. The molecule has 0 bridgehead atoms. The number of aliphatic imine (C=N–C) groups is 1. The molecular formula is C23H29IN6O. The smallest absolute Gasteiger partial charge is 0.194 e. The van der Waals surface area contributed by atoms with Gasteiger partial charge in [0, 0.05) is 63.9 Å². The minimum Gasteiger partial charge on any atom is -0.497 e. The Morgan fingerprint density at radius 3 is 2.52 bits per heavy atom. The van der Waals surface area contributed by atoms with Gasteiger partial charge in [-0.3, -0.25) is 4.99 Å². The van der Waals surface area contributed by atoms with E-state index in [1.807, 2.05) is 36.1 Å². The highest BCUT2D eigenvalue weighted by Gasteiger charge is 2.20. The number of anilines is 1. The fraction of sp³-hybridized carbons (Fsp3) is 0.304. The van der Waals surface area contributed by atoms with Crippen LogP contribution in [-0.4, -0.2) is 61.0 Å². The molecule has 2 heterocycles. The zero-order valence-corrected chi connectivity index (χ0v) is 20.3. The van der Waals surface area contributed by atoms with Crippen LogP contribution < -0.4 is 15.0 Å². The van der Waals surface area contributed by atoms with Crippen molar-refractivity contribution >= 4 is 35.6 Å². The average Bonchev–Trinajstić information content (AvgIpc) is 3.35. The Bertz CT molecular complexity index is 983. The van der Waals surface area contributed by atoms with E-state index in [1.165, 1.54) is 11.3 Å². The van der Waals surface area contributed by atoms with Gasteiger partial charge in [-0.25, -0.2) is 4.68 Å². The molecule has 0 radical (unpaired) electrons. The molecule has 8 heteroatoms. The van der Waals surface area contributed by atoms with Crippen LogP contribution in [0, 0.1) is 0 Å². The first-order chi connectivity index (χ1) is 14.8. The van der Waals surface area contributed by atoms with Crippen LogP contribution in [0.1, 0.15) is 5.56 Å². The molecule has 1 saturated heterocycles. The van der Waals surface area contributed by atoms with E-state index in [2.05, 4.69) is 61.6 Å². The van der Waals surface area contributed by atoms with E-state index in [4.69, 9.17) is 4.74 Å². The summed E-state index contributed by atoms with van der Waals surface area (Å²) in [5, 5.41) is 7.82. The zero-order chi connectivity index (χ0) is 20.8. The third-order valence-corrected chi connectivity index (χ3v) is 5.34. The second-order valence-electron chi connectivity index (χ2n) is 7.20. The highest BCUT2D eigenvalue weighted by Crippen LogP contribution is 2.22. The molecule has 1 N–H and O–H groups in total. The Hall–Kier alpha value is -2.75. The summed E-state index contributed by atoms with van der Waals surface area (Å²) < 4.78 is 7.23. The Balaban J connectivity index is 0.00000272. The van der Waals surface area contributed by atoms with Crippen molar-refractivity contribution in [3.63, 3.8) is 0 Å². The van der Waals surface area contributed by atoms with Crippen molar-refractivity contribution < 1.29 is 4.74 Å². The summed E-state index contributed by atoms with van der Waals surface area (Å²) in [6.45, 7) is 4.46. The normalized spacial score (nSPS) is 14.2. The molecule has 0 aliphatic carbocycles. The van der Waals surface area contributed by atoms with Crippen LogP contribution in [0.25, 0.3) is 5.69 Å². The van der Waals surface area contributed by atoms with Crippen LogP contribution in [0.15, 0.2) is 72.0 Å². The molecule has 1 aliphatic rings. The van der Waals surface area contributed by atoms with Crippen molar-refractivity contribution in [2.24, 2.45) is 4.99 Å². The lowest BCUT2D eigenvalue weighted by atomic mass is 10.2. The topological polar surface area (TPSA) is 57.9 Å². The third kappa shape index (κ3) is 5.69. The van der Waals surface area contributed by atoms with Gasteiger partial charge < -0.3 is 19.9 Å². The first kappa shape index (κ1) is 22.9. The summed E-state index contributed by atoms with van der Waals surface area (Å²) in [5.74, 6) is 1.83. The summed E-state index contributed by atoms with van der Waals surface area (Å²) in [6.07, 6.45) is 3.74. The third-order valence-electron chi connectivity index (χ3n) is 5.34. The average molecular weight is 532 g/mol. The Labute approximate surface area is 200 Å². The van der Waals surface area contributed by atoms with E-state index in [-0.39, 0.29) is 24.0 Å². The van der Waals surface area contributed by atoms with Crippen LogP contribution in [0.2, 0.25) is 0 Å². The van der Waals surface area contributed by atoms with Crippen LogP contribution in [0.5, 0.6) is 5.75 Å². The number of halogens is 1. The van der Waals surface area contributed by atoms with Crippen LogP contribution in [0.3, 0.4) is 0 Å². The highest BCUT2D eigenvalue weighted by atomic mass is 127. The van der Waals surface area contributed by atoms with E-state index in [0.29, 0.717) is 0 Å². The molecule has 0 amide bonds. The molecule has 1 aliphatic heterocycles. The van der Waals surface area contributed by atoms with Crippen molar-refractivity contribution in [3.8, 4) is 11.4 Å². The molecule has 0 unspecified atom stereocenters. The maximum atomic E-state index is 5.36. The first-order valence-electron chi connectivity index (χ1n) is 10.2. The molecular weight excluding hydrogens is 503 g/mol. The number of guanidine groups is 1. The van der Waals surface area contributed by atoms with Gasteiger partial charge in [-0.1, -0.05) is 18.2 Å². The minimum absolute atomic E-state index is 0. The predicted molar refractivity (Wildman–Crippen MR) is 136 cm³/mol. The molecule has 3 aromatic rings. The number of ether oxygens (including phenoxy) is 1. The van der Waals surface area contributed by atoms with Gasteiger partial charge in [0.15, 0.2) is 5.96 Å². The van der Waals surface area contributed by atoms with E-state index in [0.717, 1.165) is 50.1 Å². The number of rotatable bonds is 5. The number of nitrogens with zero attached hydrogens (tertiary/aromatic N) is 5. The molecule has 31 heavy (non-hydrogen) atoms. The van der Waals surface area contributed by atoms with Gasteiger partial charge in [-0.15, -0.1) is 24.0 Å². The fourth-order valence-corrected chi connectivity index (χ4v) is 3.73. The van der Waals surface area contributed by atoms with Crippen LogP contribution in [0.4, 0.5) is 5.69 Å². The molecule has 2 aromatic carbocycles. The van der Waals surface area contributed by atoms with Gasteiger partial charge in [0.1, 0.15) is 5.75 Å². The van der Waals surface area contributed by atoms with Crippen LogP contribution >= 0.6 is 24.0 Å². The molecule has 1 aromatic heterocycles. The van der Waals surface area contributed by atoms with Crippen molar-refractivity contribution in [2.45, 2.75) is 6.54 Å². The minimum atomic E-state index is 0. The van der Waals surface area contributed by atoms with E-state index in [9.17, 15) is 0 Å². The molecule has 1 fully saturated rings. The lowest BCUT2D eigenvalue weighted by Gasteiger charge is -2.37. The fourth-order valence-electron chi connectivity index (χ4n) is 3.73. The second kappa shape index (κ2) is 11.0. The lowest BCUT2D eigenvalue weighted by Crippen LogP contribution is -2.52. The van der Waals surface area contributed by atoms with E-state index < -0.39 is 0 Å². The largest absolute Gasteiger partial charge is 0.497 e. The van der Waals surface area contributed by atoms with Crippen molar-refractivity contribution in [1.29, 1.82) is 0 Å². The lowest BCUT2D eigenvalue weighted by molar-refractivity contribution is 0.372. The van der Waals surface area contributed by atoms with Gasteiger partial charge in [-0.05, 0) is 35.9 Å². The SMILES string of the molecule is CN=C(NCc1cccc(-n2cccn2)c1)N1CCN(c2cccc(OC)c2)CC1.I. The summed E-state index contributed by atoms with van der Waals surface area (Å²) in [4.78, 5) is 9.20. The number of piperazine rings is 1. The molecule has 0 atom stereocenters. The maximum absolute atomic E-state index is 5.36. The molecule has 164 valence electrons. The number of methoxy groups -OCH3 is 1. The summed E-state index contributed by atoms with van der Waals surface area (Å²) >= 11 is 0. The predicted octanol–water partition coefficient (Wildman–Crippen LogP) is 3.40. The monoisotopic (exact) mass is 532 g/mol. The standard InChI is InChI=1S/C23H28N6O.HI/c1-24-23(25-18-19-6-3-8-21(16-19)29-11-5-10-26-29)28-14-12-27(13-15-28)20-7-4-9-22(17-20)30-2;/h3-11,16-17H,12-15,18H2,1-2H3,(H,24,25);1H. The second-order valence-corrected chi connectivity index (χ2v) is 7.20. The molecule has 0 spiro atoms. The van der Waals surface area contributed by atoms with Gasteiger partial charge in [-0.2, -0.15) is 5.10 Å². The summed E-state index contributed by atoms with van der Waals surface area (Å²) in [7, 11) is 3.55. The molecule has 0 saturated carbocycles. The van der Waals surface area contributed by atoms with E-state index >= 15 is 0 Å². The number of hydrogen-bond acceptors (Lipinski definition) is 4. The van der Waals surface area contributed by atoms with Crippen molar-refractivity contribution in [1.82, 2.24) is 20.0 Å². The van der Waals surface area contributed by atoms with Gasteiger partial charge in [0.2, 0.25) is 0 Å². The number of nitrogens with one attached hydrogen (secondary N) is 1. The van der Waals surface area contributed by atoms with Crippen LogP contribution in [-0.2, 0) is 6.54 Å². The van der Waals surface area contributed by atoms with Gasteiger partial charge in [0.05, 0.1) is 12.8 Å². The maximum Gasteiger partial charge on any atom is 0.194 e. The highest BCUT2D eigenvalue weighted by molar-refractivity contribution is 14.0. The quantitative estimate of drug-likeness (QED) is 0.310. The molecule has 7 nitrogen and oxygen atoms in total. The van der Waals surface area contributed by atoms with Gasteiger partial charge in [0.25, 0.3) is 0 Å². The summed E-state index contributed by atoms with van der Waals surface area (Å²) in [5.41, 5.74) is 3.45. The first-order valence-corrected chi connectivity index (χ1v) is 10.2. The molecule has 4 rings (SSSR count). The summed E-state index contributed by atoms with van der Waals surface area (Å²) in [6, 6.07) is 18.6. The van der Waals surface area contributed by atoms with Crippen molar-refractivity contribution in [2.75, 3.05) is 45.2 Å².